The van der Waals surface area contributed by atoms with Crippen molar-refractivity contribution in [3.8, 4) is 0 Å². The van der Waals surface area contributed by atoms with Gasteiger partial charge in [0.25, 0.3) is 5.91 Å². The molecule has 1 aliphatic carbocycles. The zero-order valence-corrected chi connectivity index (χ0v) is 14.0. The van der Waals surface area contributed by atoms with Gasteiger partial charge < -0.3 is 5.11 Å². The molecule has 128 valence electrons. The minimum absolute atomic E-state index is 0.326. The Labute approximate surface area is 147 Å². The van der Waals surface area contributed by atoms with Crippen LogP contribution in [0.4, 0.5) is 0 Å². The van der Waals surface area contributed by atoms with Gasteiger partial charge in [0.05, 0.1) is 0 Å². The van der Waals surface area contributed by atoms with Gasteiger partial charge in [0.2, 0.25) is 0 Å². The number of amides is 1. The van der Waals surface area contributed by atoms with Crippen molar-refractivity contribution >= 4 is 12.1 Å². The average molecular weight is 334 g/mol. The lowest BCUT2D eigenvalue weighted by Crippen LogP contribution is -2.43. The van der Waals surface area contributed by atoms with Gasteiger partial charge in [0.15, 0.2) is 5.60 Å². The third-order valence-corrected chi connectivity index (χ3v) is 4.47. The molecule has 0 heterocycles. The van der Waals surface area contributed by atoms with Crippen LogP contribution in [-0.4, -0.2) is 17.2 Å². The predicted octanol–water partition coefficient (Wildman–Crippen LogP) is 3.38. The molecular weight excluding hydrogens is 312 g/mol. The first-order valence-electron chi connectivity index (χ1n) is 8.53. The van der Waals surface area contributed by atoms with Gasteiger partial charge in [-0.1, -0.05) is 72.8 Å². The molecule has 0 radical (unpaired) electrons. The zero-order valence-electron chi connectivity index (χ0n) is 14.0. The van der Waals surface area contributed by atoms with Crippen molar-refractivity contribution in [3.05, 3.63) is 83.9 Å². The van der Waals surface area contributed by atoms with Crippen LogP contribution in [0.3, 0.4) is 0 Å². The summed E-state index contributed by atoms with van der Waals surface area (Å²) >= 11 is 0. The summed E-state index contributed by atoms with van der Waals surface area (Å²) in [7, 11) is 0. The molecule has 2 aromatic carbocycles. The van der Waals surface area contributed by atoms with Crippen LogP contribution in [0, 0.1) is 5.92 Å². The third kappa shape index (κ3) is 3.86. The second-order valence-electron chi connectivity index (χ2n) is 6.21. The van der Waals surface area contributed by atoms with E-state index in [1.807, 2.05) is 12.1 Å². The summed E-state index contributed by atoms with van der Waals surface area (Å²) in [4.78, 5) is 12.8. The number of carbonyl (C=O) groups is 1. The number of allylic oxidation sites excluding steroid dienone is 2. The van der Waals surface area contributed by atoms with Gasteiger partial charge in [0.1, 0.15) is 0 Å². The fourth-order valence-corrected chi connectivity index (χ4v) is 3.02. The summed E-state index contributed by atoms with van der Waals surface area (Å²) in [5.41, 5.74) is 1.76. The van der Waals surface area contributed by atoms with Gasteiger partial charge in [-0.25, -0.2) is 5.43 Å². The first-order chi connectivity index (χ1) is 12.2. The average Bonchev–Trinajstić information content (AvgIpc) is 2.69. The lowest BCUT2D eigenvalue weighted by atomic mass is 9.85. The van der Waals surface area contributed by atoms with Gasteiger partial charge in [0, 0.05) is 6.21 Å². The van der Waals surface area contributed by atoms with Crippen molar-refractivity contribution in [2.75, 3.05) is 0 Å². The van der Waals surface area contributed by atoms with E-state index in [9.17, 15) is 9.90 Å². The molecule has 4 heteroatoms. The first-order valence-corrected chi connectivity index (χ1v) is 8.53. The smallest absolute Gasteiger partial charge is 0.281 e. The SMILES string of the molecule is O=C(N/N=C/C1CC=CCC1)C(O)(c1ccccc1)c1ccccc1. The molecule has 1 amide bonds. The molecule has 0 aliphatic heterocycles. The van der Waals surface area contributed by atoms with Crippen LogP contribution >= 0.6 is 0 Å². The summed E-state index contributed by atoms with van der Waals surface area (Å²) in [6.45, 7) is 0. The van der Waals surface area contributed by atoms with E-state index in [0.29, 0.717) is 17.0 Å². The van der Waals surface area contributed by atoms with E-state index in [-0.39, 0.29) is 0 Å². The molecule has 4 nitrogen and oxygen atoms in total. The minimum atomic E-state index is -1.79. The Balaban J connectivity index is 1.83. The van der Waals surface area contributed by atoms with E-state index in [1.165, 1.54) is 0 Å². The normalized spacial score (nSPS) is 17.6. The Morgan fingerprint density at radius 2 is 1.64 bits per heavy atom. The molecule has 1 unspecified atom stereocenters. The molecule has 1 atom stereocenters. The second kappa shape index (κ2) is 7.90. The number of nitrogens with one attached hydrogen (secondary N) is 1. The highest BCUT2D eigenvalue weighted by Crippen LogP contribution is 2.29. The maximum Gasteiger partial charge on any atom is 0.281 e. The summed E-state index contributed by atoms with van der Waals surface area (Å²) in [5, 5.41) is 15.4. The Bertz CT molecular complexity index is 714. The number of rotatable bonds is 5. The molecule has 0 spiro atoms. The number of hydrazone groups is 1. The molecule has 2 N–H and O–H groups in total. The van der Waals surface area contributed by atoms with E-state index < -0.39 is 11.5 Å². The van der Waals surface area contributed by atoms with E-state index in [2.05, 4.69) is 22.7 Å². The maximum atomic E-state index is 12.8. The quantitative estimate of drug-likeness (QED) is 0.500. The molecule has 1 aliphatic rings. The van der Waals surface area contributed by atoms with Crippen LogP contribution in [0.5, 0.6) is 0 Å². The van der Waals surface area contributed by atoms with Crippen molar-refractivity contribution < 1.29 is 9.90 Å². The van der Waals surface area contributed by atoms with Crippen LogP contribution < -0.4 is 5.43 Å². The van der Waals surface area contributed by atoms with Gasteiger partial charge in [-0.2, -0.15) is 5.10 Å². The summed E-state index contributed by atoms with van der Waals surface area (Å²) in [6.07, 6.45) is 9.04. The van der Waals surface area contributed by atoms with Crippen LogP contribution in [0.25, 0.3) is 0 Å². The first kappa shape index (κ1) is 17.1. The largest absolute Gasteiger partial charge is 0.372 e. The van der Waals surface area contributed by atoms with Crippen molar-refractivity contribution in [1.29, 1.82) is 0 Å². The number of benzene rings is 2. The topological polar surface area (TPSA) is 61.7 Å². The highest BCUT2D eigenvalue weighted by atomic mass is 16.3. The van der Waals surface area contributed by atoms with Crippen LogP contribution in [-0.2, 0) is 10.4 Å². The van der Waals surface area contributed by atoms with Crippen LogP contribution in [0.2, 0.25) is 0 Å². The van der Waals surface area contributed by atoms with E-state index in [4.69, 9.17) is 0 Å². The van der Waals surface area contributed by atoms with Crippen molar-refractivity contribution in [2.45, 2.75) is 24.9 Å². The Morgan fingerprint density at radius 3 is 2.16 bits per heavy atom. The van der Waals surface area contributed by atoms with E-state index >= 15 is 0 Å². The van der Waals surface area contributed by atoms with Crippen LogP contribution in [0.1, 0.15) is 30.4 Å². The second-order valence-corrected chi connectivity index (χ2v) is 6.21. The van der Waals surface area contributed by atoms with E-state index in [1.54, 1.807) is 54.7 Å². The van der Waals surface area contributed by atoms with Crippen molar-refractivity contribution in [1.82, 2.24) is 5.43 Å². The maximum absolute atomic E-state index is 12.8. The van der Waals surface area contributed by atoms with Crippen LogP contribution in [0.15, 0.2) is 77.9 Å². The molecule has 2 aromatic rings. The number of carbonyl (C=O) groups excluding carboxylic acids is 1. The summed E-state index contributed by atoms with van der Waals surface area (Å²) < 4.78 is 0. The Hall–Kier alpha value is -2.72. The molecule has 25 heavy (non-hydrogen) atoms. The molecule has 0 bridgehead atoms. The number of hydrogen-bond acceptors (Lipinski definition) is 3. The minimum Gasteiger partial charge on any atom is -0.372 e. The fourth-order valence-electron chi connectivity index (χ4n) is 3.02. The number of nitrogens with zero attached hydrogens (tertiary/aromatic N) is 1. The fraction of sp³-hybridized carbons (Fsp3) is 0.238. The summed E-state index contributed by atoms with van der Waals surface area (Å²) in [6, 6.07) is 17.8. The van der Waals surface area contributed by atoms with Crippen molar-refractivity contribution in [3.63, 3.8) is 0 Å². The van der Waals surface area contributed by atoms with Gasteiger partial charge in [-0.3, -0.25) is 4.79 Å². The highest BCUT2D eigenvalue weighted by Gasteiger charge is 2.39. The molecule has 0 saturated carbocycles. The lowest BCUT2D eigenvalue weighted by Gasteiger charge is -2.27. The standard InChI is InChI=1S/C21H22N2O2/c24-20(23-22-16-17-10-4-1-5-11-17)21(25,18-12-6-2-7-13-18)19-14-8-3-9-15-19/h1-4,6-9,12-17,25H,5,10-11H2,(H,23,24)/b22-16+. The number of aliphatic hydroxyl groups is 1. The zero-order chi connectivity index (χ0) is 17.5. The Kier molecular flexibility index (Phi) is 5.41. The molecular formula is C21H22N2O2. The predicted molar refractivity (Wildman–Crippen MR) is 99.0 cm³/mol. The van der Waals surface area contributed by atoms with Gasteiger partial charge >= 0.3 is 0 Å². The Morgan fingerprint density at radius 1 is 1.04 bits per heavy atom. The third-order valence-electron chi connectivity index (χ3n) is 4.47. The van der Waals surface area contributed by atoms with Crippen molar-refractivity contribution in [2.24, 2.45) is 11.0 Å². The molecule has 0 aromatic heterocycles. The van der Waals surface area contributed by atoms with E-state index in [0.717, 1.165) is 19.3 Å². The lowest BCUT2D eigenvalue weighted by molar-refractivity contribution is -0.136. The monoisotopic (exact) mass is 334 g/mol. The molecule has 3 rings (SSSR count). The highest BCUT2D eigenvalue weighted by molar-refractivity contribution is 5.90. The molecule has 0 saturated heterocycles. The summed E-state index contributed by atoms with van der Waals surface area (Å²) in [5.74, 6) is -0.237. The molecule has 0 fully saturated rings. The van der Waals surface area contributed by atoms with Gasteiger partial charge in [-0.05, 0) is 36.3 Å². The number of hydrogen-bond donors (Lipinski definition) is 2. The van der Waals surface area contributed by atoms with Gasteiger partial charge in [-0.15, -0.1) is 0 Å².